The van der Waals surface area contributed by atoms with Gasteiger partial charge in [-0.25, -0.2) is 9.97 Å². The average molecular weight is 438 g/mol. The number of fused-ring (bicyclic) bond motifs is 1. The molecule has 1 saturated heterocycles. The van der Waals surface area contributed by atoms with Crippen molar-refractivity contribution in [3.8, 4) is 17.3 Å². The number of benzene rings is 2. The van der Waals surface area contributed by atoms with Crippen LogP contribution in [0.4, 0.5) is 17.3 Å². The van der Waals surface area contributed by atoms with Crippen LogP contribution < -0.4 is 10.2 Å². The van der Waals surface area contributed by atoms with E-state index in [1.807, 2.05) is 47.5 Å². The van der Waals surface area contributed by atoms with Crippen LogP contribution in [-0.2, 0) is 4.79 Å². The molecule has 3 heterocycles. The number of piperazine rings is 1. The Labute approximate surface area is 191 Å². The van der Waals surface area contributed by atoms with Crippen molar-refractivity contribution in [2.45, 2.75) is 6.92 Å². The lowest BCUT2D eigenvalue weighted by Crippen LogP contribution is -2.48. The Morgan fingerprint density at radius 3 is 2.58 bits per heavy atom. The zero-order valence-electron chi connectivity index (χ0n) is 18.2. The minimum absolute atomic E-state index is 0.128. The number of nitrogens with one attached hydrogen (secondary N) is 2. The van der Waals surface area contributed by atoms with E-state index in [0.717, 1.165) is 54.0 Å². The number of para-hydroxylation sites is 1. The molecule has 164 valence electrons. The molecule has 1 fully saturated rings. The molecule has 4 aromatic rings. The van der Waals surface area contributed by atoms with E-state index in [9.17, 15) is 10.1 Å². The zero-order valence-corrected chi connectivity index (χ0v) is 18.2. The predicted molar refractivity (Wildman–Crippen MR) is 128 cm³/mol. The van der Waals surface area contributed by atoms with Crippen LogP contribution in [0.3, 0.4) is 0 Å². The van der Waals surface area contributed by atoms with Gasteiger partial charge in [-0.1, -0.05) is 18.2 Å². The van der Waals surface area contributed by atoms with Gasteiger partial charge in [-0.2, -0.15) is 5.26 Å². The highest BCUT2D eigenvalue weighted by atomic mass is 16.2. The van der Waals surface area contributed by atoms with E-state index in [4.69, 9.17) is 0 Å². The van der Waals surface area contributed by atoms with Gasteiger partial charge in [0.1, 0.15) is 6.07 Å². The van der Waals surface area contributed by atoms with Crippen LogP contribution in [-0.4, -0.2) is 51.9 Å². The van der Waals surface area contributed by atoms with Crippen molar-refractivity contribution in [1.82, 2.24) is 19.9 Å². The van der Waals surface area contributed by atoms with E-state index in [1.165, 1.54) is 0 Å². The lowest BCUT2D eigenvalue weighted by atomic mass is 10.1. The van der Waals surface area contributed by atoms with Crippen LogP contribution >= 0.6 is 0 Å². The molecule has 8 heteroatoms. The fraction of sp³-hybridized carbons (Fsp3) is 0.200. The molecule has 2 N–H and O–H groups in total. The Hall–Kier alpha value is -4.38. The first-order valence-electron chi connectivity index (χ1n) is 10.8. The molecule has 0 bridgehead atoms. The minimum Gasteiger partial charge on any atom is -0.368 e. The number of nitrogens with zero attached hydrogens (tertiary/aromatic N) is 5. The van der Waals surface area contributed by atoms with Gasteiger partial charge in [0.05, 0.1) is 17.5 Å². The third-order valence-corrected chi connectivity index (χ3v) is 5.97. The molecule has 1 aliphatic rings. The third-order valence-electron chi connectivity index (χ3n) is 5.97. The highest BCUT2D eigenvalue weighted by Crippen LogP contribution is 2.30. The van der Waals surface area contributed by atoms with E-state index in [2.05, 4.69) is 43.4 Å². The van der Waals surface area contributed by atoms with Crippen molar-refractivity contribution in [3.63, 3.8) is 0 Å². The SMILES string of the molecule is CC(=O)N1CCN(c2ccc(Nc3ncc(C#N)c(-c4c[nH]c5ccccc45)n3)cc2)CC1. The summed E-state index contributed by atoms with van der Waals surface area (Å²) in [5.74, 6) is 0.556. The molecule has 2 aromatic heterocycles. The van der Waals surface area contributed by atoms with Gasteiger partial charge in [0.25, 0.3) is 0 Å². The Balaban J connectivity index is 1.35. The molecule has 33 heavy (non-hydrogen) atoms. The van der Waals surface area contributed by atoms with E-state index in [-0.39, 0.29) is 5.91 Å². The number of rotatable bonds is 4. The summed E-state index contributed by atoms with van der Waals surface area (Å²) in [5, 5.41) is 13.8. The molecule has 0 radical (unpaired) electrons. The molecule has 0 aliphatic carbocycles. The molecular weight excluding hydrogens is 414 g/mol. The number of carbonyl (C=O) groups is 1. The summed E-state index contributed by atoms with van der Waals surface area (Å²) >= 11 is 0. The second-order valence-electron chi connectivity index (χ2n) is 7.98. The molecule has 2 aromatic carbocycles. The number of H-pyrrole nitrogens is 1. The van der Waals surface area contributed by atoms with Crippen molar-refractivity contribution in [2.75, 3.05) is 36.4 Å². The van der Waals surface area contributed by atoms with Gasteiger partial charge in [0.15, 0.2) is 0 Å². The molecule has 0 unspecified atom stereocenters. The monoisotopic (exact) mass is 437 g/mol. The number of anilines is 3. The lowest BCUT2D eigenvalue weighted by molar-refractivity contribution is -0.129. The van der Waals surface area contributed by atoms with Gasteiger partial charge in [-0.05, 0) is 30.3 Å². The van der Waals surface area contributed by atoms with Crippen LogP contribution in [0.5, 0.6) is 0 Å². The molecule has 1 amide bonds. The minimum atomic E-state index is 0.128. The summed E-state index contributed by atoms with van der Waals surface area (Å²) in [5.41, 5.74) is 4.84. The Morgan fingerprint density at radius 1 is 1.09 bits per heavy atom. The largest absolute Gasteiger partial charge is 0.368 e. The topological polar surface area (TPSA) is 101 Å². The standard InChI is InChI=1S/C25H23N7O/c1-17(33)31-10-12-32(13-11-31)20-8-6-19(7-9-20)29-25-28-15-18(14-26)24(30-25)22-16-27-23-5-3-2-4-21(22)23/h2-9,15-16,27H,10-13H2,1H3,(H,28,29,30). The van der Waals surface area contributed by atoms with E-state index >= 15 is 0 Å². The second-order valence-corrected chi connectivity index (χ2v) is 7.98. The lowest BCUT2D eigenvalue weighted by Gasteiger charge is -2.35. The fourth-order valence-corrected chi connectivity index (χ4v) is 4.16. The van der Waals surface area contributed by atoms with Crippen molar-refractivity contribution < 1.29 is 4.79 Å². The van der Waals surface area contributed by atoms with Crippen molar-refractivity contribution in [1.29, 1.82) is 5.26 Å². The third kappa shape index (κ3) is 4.08. The maximum atomic E-state index is 11.5. The molecule has 1 aliphatic heterocycles. The summed E-state index contributed by atoms with van der Waals surface area (Å²) in [6, 6.07) is 18.2. The van der Waals surface area contributed by atoms with Crippen LogP contribution in [0.1, 0.15) is 12.5 Å². The first-order chi connectivity index (χ1) is 16.1. The molecule has 0 saturated carbocycles. The van der Waals surface area contributed by atoms with E-state index in [1.54, 1.807) is 13.1 Å². The first-order valence-corrected chi connectivity index (χ1v) is 10.8. The van der Waals surface area contributed by atoms with E-state index in [0.29, 0.717) is 17.2 Å². The molecular formula is C25H23N7O. The number of aromatic nitrogens is 3. The van der Waals surface area contributed by atoms with Crippen molar-refractivity contribution in [3.05, 3.63) is 66.5 Å². The first kappa shape index (κ1) is 20.5. The fourth-order valence-electron chi connectivity index (χ4n) is 4.16. The van der Waals surface area contributed by atoms with Gasteiger partial charge in [0.2, 0.25) is 11.9 Å². The summed E-state index contributed by atoms with van der Waals surface area (Å²) in [7, 11) is 0. The number of carbonyl (C=O) groups excluding carboxylic acids is 1. The van der Waals surface area contributed by atoms with Crippen molar-refractivity contribution in [2.24, 2.45) is 0 Å². The Bertz CT molecular complexity index is 1350. The number of hydrogen-bond acceptors (Lipinski definition) is 6. The number of nitriles is 1. The predicted octanol–water partition coefficient (Wildman–Crippen LogP) is 3.91. The highest BCUT2D eigenvalue weighted by Gasteiger charge is 2.19. The number of hydrogen-bond donors (Lipinski definition) is 2. The molecule has 8 nitrogen and oxygen atoms in total. The maximum absolute atomic E-state index is 11.5. The Morgan fingerprint density at radius 2 is 1.85 bits per heavy atom. The smallest absolute Gasteiger partial charge is 0.227 e. The molecule has 5 rings (SSSR count). The van der Waals surface area contributed by atoms with Crippen molar-refractivity contribution >= 4 is 34.1 Å². The second kappa shape index (κ2) is 8.63. The van der Waals surface area contributed by atoms with Crippen LogP contribution in [0.2, 0.25) is 0 Å². The zero-order chi connectivity index (χ0) is 22.8. The summed E-state index contributed by atoms with van der Waals surface area (Å²) in [4.78, 5) is 27.9. The van der Waals surface area contributed by atoms with E-state index < -0.39 is 0 Å². The summed E-state index contributed by atoms with van der Waals surface area (Å²) in [6.45, 7) is 4.74. The van der Waals surface area contributed by atoms with Crippen LogP contribution in [0, 0.1) is 11.3 Å². The van der Waals surface area contributed by atoms with Crippen LogP contribution in [0.15, 0.2) is 60.9 Å². The van der Waals surface area contributed by atoms with Gasteiger partial charge in [-0.3, -0.25) is 4.79 Å². The Kier molecular flexibility index (Phi) is 5.37. The number of aromatic amines is 1. The van der Waals surface area contributed by atoms with Gasteiger partial charge >= 0.3 is 0 Å². The van der Waals surface area contributed by atoms with Crippen LogP contribution in [0.25, 0.3) is 22.2 Å². The van der Waals surface area contributed by atoms with Gasteiger partial charge < -0.3 is 20.1 Å². The van der Waals surface area contributed by atoms with Gasteiger partial charge in [0, 0.05) is 67.1 Å². The normalized spacial score (nSPS) is 13.7. The summed E-state index contributed by atoms with van der Waals surface area (Å²) < 4.78 is 0. The maximum Gasteiger partial charge on any atom is 0.227 e. The van der Waals surface area contributed by atoms with Gasteiger partial charge in [-0.15, -0.1) is 0 Å². The highest BCUT2D eigenvalue weighted by molar-refractivity contribution is 5.95. The summed E-state index contributed by atoms with van der Waals surface area (Å²) in [6.07, 6.45) is 3.42. The quantitative estimate of drug-likeness (QED) is 0.502. The molecule has 0 atom stereocenters. The number of amides is 1. The molecule has 0 spiro atoms. The average Bonchev–Trinajstić information content (AvgIpc) is 3.29.